The maximum absolute atomic E-state index is 2.22. The van der Waals surface area contributed by atoms with Crippen molar-refractivity contribution in [3.63, 3.8) is 0 Å². The Hall–Kier alpha value is -1.60. The molecule has 0 atom stereocenters. The summed E-state index contributed by atoms with van der Waals surface area (Å²) in [5.41, 5.74) is 4.12. The Labute approximate surface area is 106 Å². The third kappa shape index (κ3) is 1.67. The zero-order chi connectivity index (χ0) is 11.8. The lowest BCUT2D eigenvalue weighted by atomic mass is 9.97. The molecule has 84 valence electrons. The Balaban J connectivity index is 2.42. The van der Waals surface area contributed by atoms with Gasteiger partial charge in [-0.2, -0.15) is 0 Å². The lowest BCUT2D eigenvalue weighted by molar-refractivity contribution is 1.47. The van der Waals surface area contributed by atoms with Gasteiger partial charge < -0.3 is 0 Å². The van der Waals surface area contributed by atoms with E-state index in [2.05, 4.69) is 61.7 Å². The Morgan fingerprint density at radius 1 is 0.824 bits per heavy atom. The van der Waals surface area contributed by atoms with Crippen LogP contribution in [0.2, 0.25) is 0 Å². The van der Waals surface area contributed by atoms with Crippen molar-refractivity contribution in [2.45, 2.75) is 13.8 Å². The summed E-state index contributed by atoms with van der Waals surface area (Å²) in [6, 6.07) is 15.2. The normalized spacial score (nSPS) is 10.9. The van der Waals surface area contributed by atoms with E-state index in [1.807, 2.05) is 11.3 Å². The highest BCUT2D eigenvalue weighted by Gasteiger charge is 2.10. The SMILES string of the molecule is Cc1ccsc1-c1c(C)ccc2ccccc12. The van der Waals surface area contributed by atoms with Gasteiger partial charge in [-0.25, -0.2) is 0 Å². The number of hydrogen-bond donors (Lipinski definition) is 0. The quantitative estimate of drug-likeness (QED) is 0.547. The van der Waals surface area contributed by atoms with Crippen molar-refractivity contribution in [2.24, 2.45) is 0 Å². The number of hydrogen-bond acceptors (Lipinski definition) is 1. The lowest BCUT2D eigenvalue weighted by Crippen LogP contribution is -1.85. The monoisotopic (exact) mass is 238 g/mol. The van der Waals surface area contributed by atoms with Crippen LogP contribution in [-0.2, 0) is 0 Å². The second kappa shape index (κ2) is 4.01. The largest absolute Gasteiger partial charge is 0.144 e. The maximum Gasteiger partial charge on any atom is 0.0380 e. The summed E-state index contributed by atoms with van der Waals surface area (Å²) >= 11 is 1.83. The number of rotatable bonds is 1. The standard InChI is InChI=1S/C16H14S/c1-11-7-8-13-5-3-4-6-14(13)15(11)16-12(2)9-10-17-16/h3-10H,1-2H3. The zero-order valence-electron chi connectivity index (χ0n) is 10.0. The van der Waals surface area contributed by atoms with Gasteiger partial charge in [-0.05, 0) is 47.2 Å². The first kappa shape index (κ1) is 10.5. The van der Waals surface area contributed by atoms with Crippen LogP contribution in [-0.4, -0.2) is 0 Å². The molecule has 0 unspecified atom stereocenters. The van der Waals surface area contributed by atoms with Crippen LogP contribution in [0.4, 0.5) is 0 Å². The van der Waals surface area contributed by atoms with Crippen LogP contribution in [0.5, 0.6) is 0 Å². The molecular formula is C16H14S. The first-order valence-corrected chi connectivity index (χ1v) is 6.68. The molecule has 0 aliphatic heterocycles. The van der Waals surface area contributed by atoms with Gasteiger partial charge in [-0.3, -0.25) is 0 Å². The van der Waals surface area contributed by atoms with Crippen LogP contribution >= 0.6 is 11.3 Å². The smallest absolute Gasteiger partial charge is 0.0380 e. The highest BCUT2D eigenvalue weighted by molar-refractivity contribution is 7.13. The molecule has 0 aliphatic rings. The van der Waals surface area contributed by atoms with E-state index in [1.54, 1.807) is 0 Å². The third-order valence-corrected chi connectivity index (χ3v) is 4.26. The van der Waals surface area contributed by atoms with Gasteiger partial charge in [0.25, 0.3) is 0 Å². The molecule has 17 heavy (non-hydrogen) atoms. The number of fused-ring (bicyclic) bond motifs is 1. The van der Waals surface area contributed by atoms with Gasteiger partial charge >= 0.3 is 0 Å². The molecule has 0 saturated heterocycles. The van der Waals surface area contributed by atoms with Crippen LogP contribution in [0, 0.1) is 13.8 Å². The van der Waals surface area contributed by atoms with Crippen molar-refractivity contribution in [3.05, 3.63) is 59.0 Å². The molecule has 1 aromatic heterocycles. The highest BCUT2D eigenvalue weighted by atomic mass is 32.1. The molecule has 0 radical (unpaired) electrons. The lowest BCUT2D eigenvalue weighted by Gasteiger charge is -2.09. The second-order valence-corrected chi connectivity index (χ2v) is 5.33. The average molecular weight is 238 g/mol. The van der Waals surface area contributed by atoms with Crippen molar-refractivity contribution < 1.29 is 0 Å². The number of benzene rings is 2. The summed E-state index contributed by atoms with van der Waals surface area (Å²) in [7, 11) is 0. The Morgan fingerprint density at radius 3 is 2.41 bits per heavy atom. The fourth-order valence-electron chi connectivity index (χ4n) is 2.31. The van der Waals surface area contributed by atoms with Crippen molar-refractivity contribution in [1.29, 1.82) is 0 Å². The summed E-state index contributed by atoms with van der Waals surface area (Å²) in [6.45, 7) is 4.38. The summed E-state index contributed by atoms with van der Waals surface area (Å²) in [4.78, 5) is 1.40. The Morgan fingerprint density at radius 2 is 1.65 bits per heavy atom. The zero-order valence-corrected chi connectivity index (χ0v) is 10.8. The molecule has 3 aromatic rings. The van der Waals surface area contributed by atoms with Gasteiger partial charge in [0.1, 0.15) is 0 Å². The van der Waals surface area contributed by atoms with Crippen molar-refractivity contribution in [2.75, 3.05) is 0 Å². The van der Waals surface area contributed by atoms with Crippen LogP contribution in [0.3, 0.4) is 0 Å². The van der Waals surface area contributed by atoms with Gasteiger partial charge in [-0.1, -0.05) is 36.4 Å². The number of aryl methyl sites for hydroxylation is 2. The van der Waals surface area contributed by atoms with Crippen LogP contribution in [0.25, 0.3) is 21.2 Å². The molecule has 3 rings (SSSR count). The summed E-state index contributed by atoms with van der Waals surface area (Å²) in [6.07, 6.45) is 0. The van der Waals surface area contributed by atoms with E-state index in [-0.39, 0.29) is 0 Å². The van der Waals surface area contributed by atoms with Gasteiger partial charge in [0.15, 0.2) is 0 Å². The summed E-state index contributed by atoms with van der Waals surface area (Å²) in [5, 5.41) is 4.85. The molecule has 0 amide bonds. The highest BCUT2D eigenvalue weighted by Crippen LogP contribution is 2.36. The molecule has 1 heterocycles. The van der Waals surface area contributed by atoms with E-state index >= 15 is 0 Å². The average Bonchev–Trinajstić information content (AvgIpc) is 2.75. The van der Waals surface area contributed by atoms with Gasteiger partial charge in [0.05, 0.1) is 0 Å². The molecule has 0 nitrogen and oxygen atoms in total. The number of thiophene rings is 1. The topological polar surface area (TPSA) is 0 Å². The van der Waals surface area contributed by atoms with E-state index in [0.29, 0.717) is 0 Å². The predicted molar refractivity (Wildman–Crippen MR) is 76.7 cm³/mol. The van der Waals surface area contributed by atoms with Gasteiger partial charge in [0.2, 0.25) is 0 Å². The molecule has 0 bridgehead atoms. The second-order valence-electron chi connectivity index (χ2n) is 4.41. The molecular weight excluding hydrogens is 224 g/mol. The fourth-order valence-corrected chi connectivity index (χ4v) is 3.36. The molecule has 2 aromatic carbocycles. The first-order valence-electron chi connectivity index (χ1n) is 5.80. The van der Waals surface area contributed by atoms with Crippen molar-refractivity contribution >= 4 is 22.1 Å². The maximum atomic E-state index is 2.22. The molecule has 0 fully saturated rings. The van der Waals surface area contributed by atoms with Crippen LogP contribution < -0.4 is 0 Å². The van der Waals surface area contributed by atoms with Crippen molar-refractivity contribution in [3.8, 4) is 10.4 Å². The van der Waals surface area contributed by atoms with E-state index in [0.717, 1.165) is 0 Å². The molecule has 0 saturated carbocycles. The van der Waals surface area contributed by atoms with Gasteiger partial charge in [0, 0.05) is 10.4 Å². The predicted octanol–water partition coefficient (Wildman–Crippen LogP) is 5.19. The molecule has 1 heteroatoms. The minimum Gasteiger partial charge on any atom is -0.144 e. The first-order chi connectivity index (χ1) is 8.27. The van der Waals surface area contributed by atoms with E-state index in [4.69, 9.17) is 0 Å². The van der Waals surface area contributed by atoms with E-state index < -0.39 is 0 Å². The summed E-state index contributed by atoms with van der Waals surface area (Å²) in [5.74, 6) is 0. The summed E-state index contributed by atoms with van der Waals surface area (Å²) < 4.78 is 0. The van der Waals surface area contributed by atoms with Crippen LogP contribution in [0.15, 0.2) is 47.8 Å². The minimum absolute atomic E-state index is 1.32. The van der Waals surface area contributed by atoms with E-state index in [9.17, 15) is 0 Å². The van der Waals surface area contributed by atoms with Crippen molar-refractivity contribution in [1.82, 2.24) is 0 Å². The molecule has 0 aliphatic carbocycles. The molecule has 0 N–H and O–H groups in total. The van der Waals surface area contributed by atoms with Gasteiger partial charge in [-0.15, -0.1) is 11.3 Å². The van der Waals surface area contributed by atoms with Crippen LogP contribution in [0.1, 0.15) is 11.1 Å². The van der Waals surface area contributed by atoms with E-state index in [1.165, 1.54) is 32.3 Å². The third-order valence-electron chi connectivity index (χ3n) is 3.23. The Bertz CT molecular complexity index is 677. The minimum atomic E-state index is 1.32. The molecule has 0 spiro atoms. The fraction of sp³-hybridized carbons (Fsp3) is 0.125. The Kier molecular flexibility index (Phi) is 2.49.